The van der Waals surface area contributed by atoms with E-state index in [1.807, 2.05) is 242 Å². The van der Waals surface area contributed by atoms with Crippen molar-refractivity contribution >= 4 is 31.2 Å². The number of aromatic nitrogens is 4. The van der Waals surface area contributed by atoms with Crippen molar-refractivity contribution in [3.8, 4) is 71.0 Å². The Hall–Kier alpha value is -9.20. The molecule has 0 aliphatic carbocycles. The van der Waals surface area contributed by atoms with Gasteiger partial charge in [-0.2, -0.15) is 0 Å². The Morgan fingerprint density at radius 1 is 0.229 bits per heavy atom. The summed E-state index contributed by atoms with van der Waals surface area (Å²) in [5.74, 6) is 37.6. The van der Waals surface area contributed by atoms with Crippen molar-refractivity contribution in [2.24, 2.45) is 28.2 Å². The van der Waals surface area contributed by atoms with Gasteiger partial charge in [-0.3, -0.25) is 0 Å². The fourth-order valence-electron chi connectivity index (χ4n) is 6.96. The van der Waals surface area contributed by atoms with Gasteiger partial charge in [0.25, 0.3) is 0 Å². The third-order valence-corrected chi connectivity index (χ3v) is 11.1. The van der Waals surface area contributed by atoms with Crippen LogP contribution in [0.1, 0.15) is 66.8 Å². The van der Waals surface area contributed by atoms with Gasteiger partial charge in [-0.05, 0) is 109 Å². The van der Waals surface area contributed by atoms with Crippen LogP contribution in [-0.2, 0) is 39.4 Å². The number of aliphatic hydroxyl groups is 2. The fraction of sp³-hybridized carbons (Fsp3) is 0.0968. The number of halogens is 24. The molecule has 8 rings (SSSR count). The zero-order chi connectivity index (χ0) is 73.0. The number of nitrogens with zero attached hydrogens (tertiary/aromatic N) is 4. The molecule has 0 saturated heterocycles. The van der Waals surface area contributed by atoms with Crippen LogP contribution in [0.3, 0.4) is 0 Å². The fourth-order valence-corrected chi connectivity index (χ4v) is 6.96. The molecule has 4 heterocycles. The summed E-state index contributed by atoms with van der Waals surface area (Å²) in [7, 11) is -34.9. The van der Waals surface area contributed by atoms with Gasteiger partial charge in [0.15, 0.2) is 60.8 Å². The van der Waals surface area contributed by atoms with E-state index in [4.69, 9.17) is 0 Å². The van der Waals surface area contributed by atoms with Crippen LogP contribution in [0.25, 0.3) is 0 Å². The Labute approximate surface area is 531 Å². The predicted molar refractivity (Wildman–Crippen MR) is 316 cm³/mol. The first-order chi connectivity index (χ1) is 42.8. The molecular formula is C62H46F24N4O2P4. The molecule has 0 atom stereocenters. The molecule has 514 valence electrons. The number of aryl methyl sites for hydroxylation is 4. The predicted octanol–water partition coefficient (Wildman–Crippen LogP) is 19.3. The molecule has 0 aliphatic heterocycles. The number of benzene rings is 4. The van der Waals surface area contributed by atoms with Crippen molar-refractivity contribution in [3.05, 3.63) is 262 Å². The van der Waals surface area contributed by atoms with Crippen LogP contribution in [0.4, 0.5) is 101 Å². The normalized spacial score (nSPS) is 14.1. The molecule has 0 radical (unpaired) electrons. The maximum absolute atomic E-state index is 11.9. The van der Waals surface area contributed by atoms with Gasteiger partial charge in [0.1, 0.15) is 28.2 Å². The summed E-state index contributed by atoms with van der Waals surface area (Å²) in [6.45, 7) is 0. The number of hydrogen-bond donors (Lipinski definition) is 2. The Kier molecular flexibility index (Phi) is 21.3. The van der Waals surface area contributed by atoms with Gasteiger partial charge in [0.2, 0.25) is 0 Å². The average molecular weight is 1460 g/mol. The molecule has 2 N–H and O–H groups in total. The van der Waals surface area contributed by atoms with Gasteiger partial charge in [-0.15, -0.1) is 0 Å². The summed E-state index contributed by atoms with van der Waals surface area (Å²) in [5, 5.41) is 23.7. The minimum absolute atomic E-state index is 0.696. The van der Waals surface area contributed by atoms with Gasteiger partial charge < -0.3 is 10.2 Å². The van der Waals surface area contributed by atoms with E-state index in [2.05, 4.69) is 71.0 Å². The van der Waals surface area contributed by atoms with E-state index in [9.17, 15) is 111 Å². The van der Waals surface area contributed by atoms with Gasteiger partial charge in [-0.25, -0.2) is 18.3 Å². The summed E-state index contributed by atoms with van der Waals surface area (Å²) >= 11 is 0. The van der Waals surface area contributed by atoms with Crippen molar-refractivity contribution in [1.82, 2.24) is 0 Å². The molecule has 34 heteroatoms. The Bertz CT molecular complexity index is 4030. The topological polar surface area (TPSA) is 56.0 Å². The molecule has 4 aromatic carbocycles. The van der Waals surface area contributed by atoms with Crippen LogP contribution < -0.4 is 18.3 Å². The summed E-state index contributed by atoms with van der Waals surface area (Å²) in [4.78, 5) is 0. The molecule has 8 aromatic rings. The maximum atomic E-state index is 11.9. The molecule has 4 aromatic heterocycles. The van der Waals surface area contributed by atoms with Gasteiger partial charge in [-0.1, -0.05) is 59.2 Å². The Balaban J connectivity index is 0.000000584. The molecule has 0 aliphatic rings. The minimum atomic E-state index is -10.7. The number of rotatable bonds is 4. The number of pyridine rings is 4. The first kappa shape index (κ1) is 79.2. The van der Waals surface area contributed by atoms with Crippen LogP contribution in [0, 0.1) is 71.0 Å². The van der Waals surface area contributed by atoms with E-state index in [0.717, 1.165) is 44.5 Å². The Morgan fingerprint density at radius 2 is 0.354 bits per heavy atom. The summed E-state index contributed by atoms with van der Waals surface area (Å²) < 4.78 is 244. The zero-order valence-electron chi connectivity index (χ0n) is 49.0. The molecule has 0 bridgehead atoms. The van der Waals surface area contributed by atoms with Crippen molar-refractivity contribution in [3.63, 3.8) is 0 Å². The summed E-state index contributed by atoms with van der Waals surface area (Å²) in [6.07, 6.45) is 15.2. The molecule has 6 nitrogen and oxygen atoms in total. The van der Waals surface area contributed by atoms with Gasteiger partial charge in [0, 0.05) is 115 Å². The monoisotopic (exact) mass is 1460 g/mol. The second-order valence-corrected chi connectivity index (χ2v) is 27.7. The van der Waals surface area contributed by atoms with Crippen LogP contribution in [0.5, 0.6) is 0 Å². The van der Waals surface area contributed by atoms with Crippen molar-refractivity contribution in [2.75, 3.05) is 0 Å². The third-order valence-electron chi connectivity index (χ3n) is 11.1. The second kappa shape index (κ2) is 25.7. The van der Waals surface area contributed by atoms with Gasteiger partial charge >= 0.3 is 132 Å². The molecule has 0 amide bonds. The van der Waals surface area contributed by atoms with E-state index < -0.39 is 42.4 Å². The molecule has 0 spiro atoms. The molecular weight excluding hydrogens is 1410 g/mol. The quantitative estimate of drug-likeness (QED) is 0.0798. The van der Waals surface area contributed by atoms with E-state index in [1.54, 1.807) is 0 Å². The van der Waals surface area contributed by atoms with E-state index in [0.29, 0.717) is 22.3 Å². The van der Waals surface area contributed by atoms with Crippen molar-refractivity contribution < 1.29 is 129 Å². The van der Waals surface area contributed by atoms with E-state index >= 15 is 0 Å². The molecule has 0 unspecified atom stereocenters. The summed E-state index contributed by atoms with van der Waals surface area (Å²) in [6, 6.07) is 46.0. The van der Waals surface area contributed by atoms with E-state index in [1.165, 1.54) is 0 Å². The standard InChI is InChI=1S/C62H46N4O2.4F6P/c1-63-41-31-57(32-42-63)61(67,58-33-43-64(2)44-34-58)39-29-55-25-21-53(22-26-55)19-17-51-13-9-49(10-14-51)7-5-6-8-50-11-15-52(16-12-50)18-20-54-23-27-56(28-24-54)30-40-62(68,59-35-45-65(3)46-36-59)60-37-47-66(4)48-38-60;4*1-7(2,3,4,5)6/h9-16,21-28,31-38,41-48,67-68H,1-4H3;;;;/q+4;4*-1. The van der Waals surface area contributed by atoms with E-state index in [-0.39, 0.29) is 0 Å². The second-order valence-electron chi connectivity index (χ2n) is 20.1. The third kappa shape index (κ3) is 38.9. The van der Waals surface area contributed by atoms with Crippen LogP contribution in [-0.4, -0.2) is 10.2 Å². The Morgan fingerprint density at radius 3 is 0.500 bits per heavy atom. The molecule has 0 fully saturated rings. The first-order valence-electron chi connectivity index (χ1n) is 25.9. The van der Waals surface area contributed by atoms with Crippen LogP contribution >= 0.6 is 31.2 Å². The van der Waals surface area contributed by atoms with Crippen LogP contribution in [0.15, 0.2) is 195 Å². The molecule has 96 heavy (non-hydrogen) atoms. The SMILES string of the molecule is C[n+]1ccc(C(O)(C#Cc2ccc(C#Cc3ccc(C#CC#Cc4ccc(C#Cc5ccc(C#CC(O)(c6cc[n+](C)cc6)c6cc[n+](C)cc6)cc5)cc4)cc3)cc2)c2cc[n+](C)cc2)cc1.F[P-](F)(F)(F)(F)F.F[P-](F)(F)(F)(F)F.F[P-](F)(F)(F)(F)F.F[P-](F)(F)(F)(F)F. The molecule has 0 saturated carbocycles. The van der Waals surface area contributed by atoms with Crippen molar-refractivity contribution in [1.29, 1.82) is 0 Å². The number of hydrogen-bond acceptors (Lipinski definition) is 2. The van der Waals surface area contributed by atoms with Crippen molar-refractivity contribution in [2.45, 2.75) is 11.2 Å². The first-order valence-corrected chi connectivity index (χ1v) is 34.0. The average Bonchev–Trinajstić information content (AvgIpc) is 0.826. The summed E-state index contributed by atoms with van der Waals surface area (Å²) in [5.41, 5.74) is 6.51. The van der Waals surface area contributed by atoms with Gasteiger partial charge in [0.05, 0.1) is 0 Å². The zero-order valence-corrected chi connectivity index (χ0v) is 52.6. The van der Waals surface area contributed by atoms with Crippen LogP contribution in [0.2, 0.25) is 0 Å².